The van der Waals surface area contributed by atoms with E-state index in [1.165, 1.54) is 25.3 Å². The van der Waals surface area contributed by atoms with E-state index in [0.717, 1.165) is 30.7 Å². The van der Waals surface area contributed by atoms with Crippen LogP contribution in [0.2, 0.25) is 0 Å². The quantitative estimate of drug-likeness (QED) is 0.149. The fourth-order valence-corrected chi connectivity index (χ4v) is 6.98. The van der Waals surface area contributed by atoms with Crippen LogP contribution >= 0.6 is 0 Å². The molecule has 1 fully saturated rings. The summed E-state index contributed by atoms with van der Waals surface area (Å²) in [5.74, 6) is -0.172. The first-order chi connectivity index (χ1) is 22.6. The van der Waals surface area contributed by atoms with Gasteiger partial charge >= 0.3 is 0 Å². The first-order valence-electron chi connectivity index (χ1n) is 15.5. The highest BCUT2D eigenvalue weighted by Crippen LogP contribution is 2.35. The van der Waals surface area contributed by atoms with Gasteiger partial charge in [-0.1, -0.05) is 19.3 Å². The number of halogens is 1. The number of H-pyrrole nitrogens is 2. The van der Waals surface area contributed by atoms with Crippen molar-refractivity contribution in [2.75, 3.05) is 11.6 Å². The lowest BCUT2D eigenvalue weighted by molar-refractivity contribution is -0.117. The molecule has 11 nitrogen and oxygen atoms in total. The monoisotopic (exact) mass is 652 g/mol. The first-order valence-corrected chi connectivity index (χ1v) is 17.4. The summed E-state index contributed by atoms with van der Waals surface area (Å²) in [6.07, 6.45) is 12.3. The zero-order valence-electron chi connectivity index (χ0n) is 25.6. The number of rotatable bonds is 8. The number of amides is 1. The molecular formula is C34H33FN8O3S. The third-order valence-corrected chi connectivity index (χ3v) is 9.93. The SMILES string of the molecule is CS(=O)(=O)C(N)c1cc(F)cc(-c2ccnc3[nH]c(-c4n[nH]c5ccc(-c6cncc(NC(=O)CC7CCCCC7)c6)nc45)cc23)c1. The number of nitrogens with one attached hydrogen (secondary N) is 3. The van der Waals surface area contributed by atoms with Crippen molar-refractivity contribution in [1.29, 1.82) is 0 Å². The Balaban J connectivity index is 1.20. The van der Waals surface area contributed by atoms with Crippen molar-refractivity contribution in [3.63, 3.8) is 0 Å². The highest BCUT2D eigenvalue weighted by Gasteiger charge is 2.22. The number of aromatic nitrogens is 6. The van der Waals surface area contributed by atoms with E-state index in [-0.39, 0.29) is 11.5 Å². The molecule has 1 aliphatic rings. The van der Waals surface area contributed by atoms with Crippen LogP contribution in [0.1, 0.15) is 49.5 Å². The molecular weight excluding hydrogens is 619 g/mol. The minimum absolute atomic E-state index is 0.00382. The van der Waals surface area contributed by atoms with Gasteiger partial charge in [-0.25, -0.2) is 22.8 Å². The Morgan fingerprint density at radius 3 is 2.70 bits per heavy atom. The first kappa shape index (κ1) is 30.6. The topological polar surface area (TPSA) is 172 Å². The number of hydrogen-bond donors (Lipinski definition) is 4. The fraction of sp³-hybridized carbons (Fsp3) is 0.265. The minimum Gasteiger partial charge on any atom is -0.338 e. The summed E-state index contributed by atoms with van der Waals surface area (Å²) in [4.78, 5) is 29.7. The van der Waals surface area contributed by atoms with E-state index < -0.39 is 21.0 Å². The van der Waals surface area contributed by atoms with Gasteiger partial charge in [0.05, 0.1) is 28.8 Å². The van der Waals surface area contributed by atoms with Crippen LogP contribution in [0.4, 0.5) is 10.1 Å². The van der Waals surface area contributed by atoms with E-state index in [1.807, 2.05) is 24.3 Å². The summed E-state index contributed by atoms with van der Waals surface area (Å²) in [7, 11) is -3.65. The van der Waals surface area contributed by atoms with Crippen molar-refractivity contribution >= 4 is 43.5 Å². The molecule has 1 aromatic carbocycles. The summed E-state index contributed by atoms with van der Waals surface area (Å²) in [6.45, 7) is 0. The lowest BCUT2D eigenvalue weighted by Gasteiger charge is -2.20. The summed E-state index contributed by atoms with van der Waals surface area (Å²) in [5, 5.41) is 9.88. The summed E-state index contributed by atoms with van der Waals surface area (Å²) < 4.78 is 38.9. The molecule has 47 heavy (non-hydrogen) atoms. The van der Waals surface area contributed by atoms with Gasteiger partial charge in [0.2, 0.25) is 5.91 Å². The molecule has 5 N–H and O–H groups in total. The Kier molecular flexibility index (Phi) is 8.02. The van der Waals surface area contributed by atoms with Crippen LogP contribution in [-0.4, -0.2) is 50.7 Å². The standard InChI is InChI=1S/C34H33FN8O3S/c1-47(45,46)33(36)21-12-20(13-23(35)14-21)25-9-10-38-34-26(25)16-29(41-34)32-31-28(42-43-32)8-7-27(40-31)22-15-24(18-37-17-22)39-30(44)11-19-5-3-2-4-6-19/h7-10,12-19,33H,2-6,11,36H2,1H3,(H,38,41)(H,39,44)(H,42,43). The molecule has 1 atom stereocenters. The fourth-order valence-electron chi connectivity index (χ4n) is 6.35. The van der Waals surface area contributed by atoms with E-state index in [4.69, 9.17) is 10.7 Å². The van der Waals surface area contributed by atoms with Crippen LogP contribution in [0.25, 0.3) is 55.8 Å². The zero-order valence-corrected chi connectivity index (χ0v) is 26.4. The predicted octanol–water partition coefficient (Wildman–Crippen LogP) is 6.28. The van der Waals surface area contributed by atoms with Gasteiger partial charge in [0.1, 0.15) is 28.0 Å². The molecule has 7 rings (SSSR count). The highest BCUT2D eigenvalue weighted by molar-refractivity contribution is 7.90. The molecule has 0 radical (unpaired) electrons. The summed E-state index contributed by atoms with van der Waals surface area (Å²) >= 11 is 0. The van der Waals surface area contributed by atoms with Crippen molar-refractivity contribution in [2.24, 2.45) is 11.7 Å². The number of hydrogen-bond acceptors (Lipinski definition) is 8. The van der Waals surface area contributed by atoms with E-state index in [9.17, 15) is 17.6 Å². The molecule has 0 bridgehead atoms. The Morgan fingerprint density at radius 1 is 1.06 bits per heavy atom. The molecule has 5 heterocycles. The average molecular weight is 653 g/mol. The number of sulfone groups is 1. The Hall–Kier alpha value is -5.01. The van der Waals surface area contributed by atoms with Crippen molar-refractivity contribution in [3.05, 3.63) is 78.5 Å². The molecule has 1 aliphatic carbocycles. The van der Waals surface area contributed by atoms with Crippen LogP contribution in [0, 0.1) is 11.7 Å². The number of carbonyl (C=O) groups is 1. The smallest absolute Gasteiger partial charge is 0.224 e. The van der Waals surface area contributed by atoms with Crippen LogP contribution < -0.4 is 11.1 Å². The van der Waals surface area contributed by atoms with Gasteiger partial charge in [0, 0.05) is 36.0 Å². The van der Waals surface area contributed by atoms with Gasteiger partial charge < -0.3 is 16.0 Å². The molecule has 0 aliphatic heterocycles. The molecule has 1 saturated carbocycles. The van der Waals surface area contributed by atoms with Gasteiger partial charge in [0.25, 0.3) is 0 Å². The van der Waals surface area contributed by atoms with E-state index in [0.29, 0.717) is 68.3 Å². The number of pyridine rings is 3. The lowest BCUT2D eigenvalue weighted by Crippen LogP contribution is -2.20. The number of aromatic amines is 2. The largest absolute Gasteiger partial charge is 0.338 e. The third kappa shape index (κ3) is 6.36. The molecule has 1 amide bonds. The average Bonchev–Trinajstić information content (AvgIpc) is 3.68. The molecule has 13 heteroatoms. The number of anilines is 1. The van der Waals surface area contributed by atoms with Crippen molar-refractivity contribution in [2.45, 2.75) is 43.9 Å². The van der Waals surface area contributed by atoms with Gasteiger partial charge in [-0.15, -0.1) is 0 Å². The maximum absolute atomic E-state index is 14.7. The van der Waals surface area contributed by atoms with Crippen molar-refractivity contribution < 1.29 is 17.6 Å². The number of fused-ring (bicyclic) bond motifs is 2. The lowest BCUT2D eigenvalue weighted by atomic mass is 9.87. The van der Waals surface area contributed by atoms with Gasteiger partial charge in [-0.3, -0.25) is 14.9 Å². The maximum Gasteiger partial charge on any atom is 0.224 e. The summed E-state index contributed by atoms with van der Waals surface area (Å²) in [5.41, 5.74) is 12.2. The Bertz CT molecular complexity index is 2240. The minimum atomic E-state index is -3.65. The number of nitrogens with zero attached hydrogens (tertiary/aromatic N) is 4. The predicted molar refractivity (Wildman–Crippen MR) is 179 cm³/mol. The van der Waals surface area contributed by atoms with E-state index in [1.54, 1.807) is 30.7 Å². The van der Waals surface area contributed by atoms with Crippen LogP contribution in [0.3, 0.4) is 0 Å². The second kappa shape index (κ2) is 12.3. The molecule has 0 saturated heterocycles. The number of nitrogens with two attached hydrogens (primary N) is 1. The second-order valence-electron chi connectivity index (χ2n) is 12.2. The summed E-state index contributed by atoms with van der Waals surface area (Å²) in [6, 6.07) is 13.2. The maximum atomic E-state index is 14.7. The normalized spacial score (nSPS) is 14.9. The van der Waals surface area contributed by atoms with Crippen molar-refractivity contribution in [3.8, 4) is 33.8 Å². The highest BCUT2D eigenvalue weighted by atomic mass is 32.2. The third-order valence-electron chi connectivity index (χ3n) is 8.73. The van der Waals surface area contributed by atoms with Crippen LogP contribution in [0.15, 0.2) is 67.1 Å². The van der Waals surface area contributed by atoms with Gasteiger partial charge in [-0.05, 0) is 84.0 Å². The second-order valence-corrected chi connectivity index (χ2v) is 14.4. The zero-order chi connectivity index (χ0) is 32.7. The van der Waals surface area contributed by atoms with Crippen molar-refractivity contribution in [1.82, 2.24) is 30.1 Å². The van der Waals surface area contributed by atoms with E-state index >= 15 is 0 Å². The Morgan fingerprint density at radius 2 is 1.89 bits per heavy atom. The van der Waals surface area contributed by atoms with Gasteiger partial charge in [-0.2, -0.15) is 5.10 Å². The number of carbonyl (C=O) groups excluding carboxylic acids is 1. The molecule has 1 unspecified atom stereocenters. The van der Waals surface area contributed by atoms with Crippen LogP contribution in [0.5, 0.6) is 0 Å². The number of benzene rings is 1. The molecule has 240 valence electrons. The van der Waals surface area contributed by atoms with Gasteiger partial charge in [0.15, 0.2) is 9.84 Å². The molecule has 5 aromatic heterocycles. The molecule has 0 spiro atoms. The molecule has 6 aromatic rings. The Labute approximate surface area is 270 Å². The van der Waals surface area contributed by atoms with E-state index in [2.05, 4.69) is 30.5 Å². The van der Waals surface area contributed by atoms with Crippen LogP contribution in [-0.2, 0) is 14.6 Å².